The van der Waals surface area contributed by atoms with Gasteiger partial charge in [0.05, 0.1) is 15.6 Å². The van der Waals surface area contributed by atoms with Crippen LogP contribution >= 0.6 is 23.2 Å². The van der Waals surface area contributed by atoms with Crippen molar-refractivity contribution in [2.75, 3.05) is 5.32 Å². The highest BCUT2D eigenvalue weighted by atomic mass is 35.5. The largest absolute Gasteiger partial charge is 0.323 e. The highest BCUT2D eigenvalue weighted by molar-refractivity contribution is 6.33. The fourth-order valence-corrected chi connectivity index (χ4v) is 1.96. The van der Waals surface area contributed by atoms with Gasteiger partial charge < -0.3 is 10.6 Å². The lowest BCUT2D eigenvalue weighted by Gasteiger charge is -2.06. The molecule has 118 valence electrons. The number of nitrogens with zero attached hydrogens (tertiary/aromatic N) is 1. The molecule has 0 atom stereocenters. The summed E-state index contributed by atoms with van der Waals surface area (Å²) in [6.07, 6.45) is 3.11. The summed E-state index contributed by atoms with van der Waals surface area (Å²) in [4.78, 5) is 21.9. The Bertz CT molecular complexity index is 761. The van der Waals surface area contributed by atoms with Crippen LogP contribution in [0.4, 0.5) is 16.2 Å². The average Bonchev–Trinajstić information content (AvgIpc) is 2.51. The molecule has 8 heteroatoms. The van der Waals surface area contributed by atoms with E-state index in [0.717, 1.165) is 5.56 Å². The van der Waals surface area contributed by atoms with Crippen molar-refractivity contribution in [3.05, 3.63) is 74.4 Å². The van der Waals surface area contributed by atoms with E-state index in [1.807, 2.05) is 0 Å². The van der Waals surface area contributed by atoms with E-state index in [-0.39, 0.29) is 16.4 Å². The van der Waals surface area contributed by atoms with Crippen molar-refractivity contribution >= 4 is 46.7 Å². The van der Waals surface area contributed by atoms with E-state index in [9.17, 15) is 14.9 Å². The van der Waals surface area contributed by atoms with Crippen LogP contribution < -0.4 is 10.6 Å². The summed E-state index contributed by atoms with van der Waals surface area (Å²) in [7, 11) is 0. The van der Waals surface area contributed by atoms with Crippen molar-refractivity contribution < 1.29 is 9.72 Å². The molecule has 0 unspecified atom stereocenters. The Morgan fingerprint density at radius 1 is 1.13 bits per heavy atom. The Balaban J connectivity index is 1.98. The predicted octanol–water partition coefficient (Wildman–Crippen LogP) is 4.69. The zero-order valence-corrected chi connectivity index (χ0v) is 13.1. The molecule has 0 aromatic heterocycles. The third kappa shape index (κ3) is 4.98. The second-order valence-corrected chi connectivity index (χ2v) is 5.25. The number of hydrogen-bond donors (Lipinski definition) is 2. The second-order valence-electron chi connectivity index (χ2n) is 4.40. The smallest absolute Gasteiger partial charge is 0.314 e. The predicted molar refractivity (Wildman–Crippen MR) is 90.7 cm³/mol. The molecule has 0 spiro atoms. The first-order valence-corrected chi connectivity index (χ1v) is 7.15. The molecular weight excluding hydrogens is 341 g/mol. The van der Waals surface area contributed by atoms with Gasteiger partial charge in [0.15, 0.2) is 0 Å². The summed E-state index contributed by atoms with van der Waals surface area (Å²) in [6.45, 7) is 0. The highest BCUT2D eigenvalue weighted by Gasteiger charge is 2.11. The van der Waals surface area contributed by atoms with Gasteiger partial charge in [-0.1, -0.05) is 35.3 Å². The summed E-state index contributed by atoms with van der Waals surface area (Å²) in [6, 6.07) is 10.2. The van der Waals surface area contributed by atoms with Gasteiger partial charge in [0.2, 0.25) is 0 Å². The van der Waals surface area contributed by atoms with Gasteiger partial charge in [0.1, 0.15) is 0 Å². The number of amides is 2. The van der Waals surface area contributed by atoms with Crippen LogP contribution in [0.3, 0.4) is 0 Å². The maximum absolute atomic E-state index is 11.8. The fourth-order valence-electron chi connectivity index (χ4n) is 1.67. The maximum Gasteiger partial charge on any atom is 0.323 e. The van der Waals surface area contributed by atoms with Crippen LogP contribution in [0.2, 0.25) is 10.0 Å². The number of hydrogen-bond acceptors (Lipinski definition) is 3. The lowest BCUT2D eigenvalue weighted by molar-refractivity contribution is -0.384. The van der Waals surface area contributed by atoms with Crippen LogP contribution in [-0.2, 0) is 0 Å². The molecular formula is C15H11Cl2N3O3. The van der Waals surface area contributed by atoms with Gasteiger partial charge in [0.25, 0.3) is 5.69 Å². The second kappa shape index (κ2) is 7.62. The molecule has 0 fully saturated rings. The monoisotopic (exact) mass is 351 g/mol. The Kier molecular flexibility index (Phi) is 5.56. The molecule has 23 heavy (non-hydrogen) atoms. The third-order valence-corrected chi connectivity index (χ3v) is 3.35. The maximum atomic E-state index is 11.8. The fraction of sp³-hybridized carbons (Fsp3) is 0. The summed E-state index contributed by atoms with van der Waals surface area (Å²) >= 11 is 11.7. The first-order valence-electron chi connectivity index (χ1n) is 6.39. The molecule has 0 saturated heterocycles. The topological polar surface area (TPSA) is 84.3 Å². The Hall–Kier alpha value is -2.57. The van der Waals surface area contributed by atoms with Crippen molar-refractivity contribution in [3.63, 3.8) is 0 Å². The number of halogens is 2. The molecule has 0 aliphatic heterocycles. The van der Waals surface area contributed by atoms with E-state index >= 15 is 0 Å². The van der Waals surface area contributed by atoms with Gasteiger partial charge in [-0.2, -0.15) is 0 Å². The van der Waals surface area contributed by atoms with Gasteiger partial charge in [-0.25, -0.2) is 4.79 Å². The third-order valence-electron chi connectivity index (χ3n) is 2.77. The summed E-state index contributed by atoms with van der Waals surface area (Å²) in [5, 5.41) is 16.5. The molecule has 0 bridgehead atoms. The summed E-state index contributed by atoms with van der Waals surface area (Å²) in [5.41, 5.74) is 0.836. The molecule has 2 N–H and O–H groups in total. The SMILES string of the molecule is O=C(N/C=C/c1ccc(Cl)cc1)Nc1cc([N+](=O)[O-])ccc1Cl. The minimum Gasteiger partial charge on any atom is -0.314 e. The van der Waals surface area contributed by atoms with Crippen LogP contribution in [0.5, 0.6) is 0 Å². The van der Waals surface area contributed by atoms with E-state index in [1.54, 1.807) is 30.3 Å². The number of nitro benzene ring substituents is 1. The zero-order chi connectivity index (χ0) is 16.8. The lowest BCUT2D eigenvalue weighted by Crippen LogP contribution is -2.23. The number of benzene rings is 2. The number of non-ortho nitro benzene ring substituents is 1. The van der Waals surface area contributed by atoms with Crippen LogP contribution in [0, 0.1) is 10.1 Å². The van der Waals surface area contributed by atoms with E-state index in [2.05, 4.69) is 10.6 Å². The number of urea groups is 1. The number of nitro groups is 1. The quantitative estimate of drug-likeness (QED) is 0.618. The molecule has 0 aliphatic carbocycles. The first-order chi connectivity index (χ1) is 11.0. The van der Waals surface area contributed by atoms with E-state index in [0.29, 0.717) is 5.02 Å². The van der Waals surface area contributed by atoms with Crippen molar-refractivity contribution in [2.45, 2.75) is 0 Å². The van der Waals surface area contributed by atoms with Gasteiger partial charge in [-0.05, 0) is 29.8 Å². The molecule has 6 nitrogen and oxygen atoms in total. The molecule has 0 heterocycles. The number of anilines is 1. The standard InChI is InChI=1S/C15H11Cl2N3O3/c16-11-3-1-10(2-4-11)7-8-18-15(21)19-14-9-12(20(22)23)5-6-13(14)17/h1-9H,(H2,18,19,21)/b8-7+. The van der Waals surface area contributed by atoms with Crippen molar-refractivity contribution in [2.24, 2.45) is 0 Å². The van der Waals surface area contributed by atoms with Crippen molar-refractivity contribution in [1.82, 2.24) is 5.32 Å². The molecule has 0 saturated carbocycles. The molecule has 2 aromatic rings. The van der Waals surface area contributed by atoms with Gasteiger partial charge >= 0.3 is 6.03 Å². The average molecular weight is 352 g/mol. The molecule has 2 rings (SSSR count). The van der Waals surface area contributed by atoms with Gasteiger partial charge in [-0.3, -0.25) is 10.1 Å². The number of rotatable bonds is 4. The van der Waals surface area contributed by atoms with E-state index in [4.69, 9.17) is 23.2 Å². The minimum absolute atomic E-state index is 0.151. The van der Waals surface area contributed by atoms with Crippen molar-refractivity contribution in [1.29, 1.82) is 0 Å². The molecule has 0 aliphatic rings. The van der Waals surface area contributed by atoms with Gasteiger partial charge in [0, 0.05) is 23.4 Å². The van der Waals surface area contributed by atoms with Gasteiger partial charge in [-0.15, -0.1) is 0 Å². The van der Waals surface area contributed by atoms with Crippen LogP contribution in [0.1, 0.15) is 5.56 Å². The van der Waals surface area contributed by atoms with Crippen LogP contribution in [0.15, 0.2) is 48.7 Å². The molecule has 2 aromatic carbocycles. The number of nitrogens with one attached hydrogen (secondary N) is 2. The van der Waals surface area contributed by atoms with E-state index < -0.39 is 11.0 Å². The Morgan fingerprint density at radius 2 is 1.83 bits per heavy atom. The minimum atomic E-state index is -0.572. The molecule has 0 radical (unpaired) electrons. The number of carbonyl (C=O) groups is 1. The zero-order valence-electron chi connectivity index (χ0n) is 11.6. The van der Waals surface area contributed by atoms with Crippen LogP contribution in [-0.4, -0.2) is 11.0 Å². The summed E-state index contributed by atoms with van der Waals surface area (Å²) in [5.74, 6) is 0. The Morgan fingerprint density at radius 3 is 2.48 bits per heavy atom. The van der Waals surface area contributed by atoms with Crippen LogP contribution in [0.25, 0.3) is 6.08 Å². The number of carbonyl (C=O) groups excluding carboxylic acids is 1. The first kappa shape index (κ1) is 16.8. The van der Waals surface area contributed by atoms with Crippen molar-refractivity contribution in [3.8, 4) is 0 Å². The Labute approximate surface area is 141 Å². The molecule has 2 amide bonds. The summed E-state index contributed by atoms with van der Waals surface area (Å²) < 4.78 is 0. The normalized spacial score (nSPS) is 10.5. The highest BCUT2D eigenvalue weighted by Crippen LogP contribution is 2.26. The van der Waals surface area contributed by atoms with E-state index in [1.165, 1.54) is 24.4 Å². The lowest BCUT2D eigenvalue weighted by atomic mass is 10.2.